The number of fused-ring (bicyclic) bond motifs is 1. The van der Waals surface area contributed by atoms with Gasteiger partial charge in [0.2, 0.25) is 0 Å². The molecule has 1 saturated carbocycles. The van der Waals surface area contributed by atoms with E-state index in [4.69, 9.17) is 5.41 Å². The quantitative estimate of drug-likeness (QED) is 0.261. The molecule has 0 aromatic heterocycles. The van der Waals surface area contributed by atoms with Crippen LogP contribution in [0.1, 0.15) is 62.1 Å². The van der Waals surface area contributed by atoms with E-state index in [0.717, 1.165) is 80.6 Å². The van der Waals surface area contributed by atoms with Crippen molar-refractivity contribution in [1.82, 2.24) is 0 Å². The van der Waals surface area contributed by atoms with Crippen LogP contribution >= 0.6 is 0 Å². The van der Waals surface area contributed by atoms with Gasteiger partial charge in [-0.3, -0.25) is 5.41 Å². The zero-order valence-corrected chi connectivity index (χ0v) is 21.6. The lowest BCUT2D eigenvalue weighted by Crippen LogP contribution is -2.34. The Morgan fingerprint density at radius 2 is 1.74 bits per heavy atom. The van der Waals surface area contributed by atoms with Gasteiger partial charge in [0.15, 0.2) is 0 Å². The Balaban J connectivity index is 1.24. The van der Waals surface area contributed by atoms with Crippen LogP contribution in [-0.4, -0.2) is 35.0 Å². The van der Waals surface area contributed by atoms with Crippen molar-refractivity contribution in [3.05, 3.63) is 82.1 Å². The number of benzene rings is 2. The summed E-state index contributed by atoms with van der Waals surface area (Å²) in [6.07, 6.45) is 7.37. The largest absolute Gasteiger partial charge is 0.512 e. The fourth-order valence-corrected chi connectivity index (χ4v) is 5.88. The van der Waals surface area contributed by atoms with E-state index >= 15 is 0 Å². The van der Waals surface area contributed by atoms with Gasteiger partial charge in [-0.1, -0.05) is 25.1 Å². The first-order valence-electron chi connectivity index (χ1n) is 13.5. The van der Waals surface area contributed by atoms with Gasteiger partial charge in [0.1, 0.15) is 17.4 Å². The van der Waals surface area contributed by atoms with Crippen molar-refractivity contribution in [3.63, 3.8) is 0 Å². The van der Waals surface area contributed by atoms with Crippen LogP contribution in [0.5, 0.6) is 0 Å². The average molecular weight is 521 g/mol. The maximum Gasteiger partial charge on any atom is 0.335 e. The summed E-state index contributed by atoms with van der Waals surface area (Å²) in [4.78, 5) is 14.0. The molecule has 1 unspecified atom stereocenters. The number of aliphatic hydroxyl groups excluding tert-OH is 1. The molecule has 1 aliphatic heterocycles. The minimum atomic E-state index is -0.890. The fourth-order valence-electron chi connectivity index (χ4n) is 5.88. The number of allylic oxidation sites excluding steroid dienone is 3. The lowest BCUT2D eigenvalue weighted by atomic mass is 9.84. The molecule has 1 atom stereocenters. The summed E-state index contributed by atoms with van der Waals surface area (Å²) in [6, 6.07) is 9.63. The van der Waals surface area contributed by atoms with Crippen LogP contribution < -0.4 is 4.90 Å². The molecule has 7 heteroatoms. The maximum atomic E-state index is 14.4. The molecule has 5 rings (SSSR count). The van der Waals surface area contributed by atoms with Gasteiger partial charge in [0.05, 0.1) is 16.8 Å². The third-order valence-electron chi connectivity index (χ3n) is 8.17. The van der Waals surface area contributed by atoms with Crippen LogP contribution in [-0.2, 0) is 11.2 Å². The highest BCUT2D eigenvalue weighted by Gasteiger charge is 2.32. The van der Waals surface area contributed by atoms with Gasteiger partial charge in [-0.15, -0.1) is 0 Å². The number of carboxylic acid groups (broad SMARTS) is 1. The molecule has 0 radical (unpaired) electrons. The highest BCUT2D eigenvalue weighted by molar-refractivity contribution is 6.16. The van der Waals surface area contributed by atoms with Gasteiger partial charge in [-0.25, -0.2) is 13.6 Å². The molecule has 5 nitrogen and oxygen atoms in total. The molecule has 0 amide bonds. The molecule has 38 heavy (non-hydrogen) atoms. The van der Waals surface area contributed by atoms with E-state index in [2.05, 4.69) is 11.0 Å². The third kappa shape index (κ3) is 5.38. The first kappa shape index (κ1) is 26.1. The highest BCUT2D eigenvalue weighted by atomic mass is 19.1. The molecule has 3 aliphatic rings. The number of hydrogen-bond donors (Lipinski definition) is 3. The van der Waals surface area contributed by atoms with Gasteiger partial charge in [0, 0.05) is 30.3 Å². The van der Waals surface area contributed by atoms with Crippen LogP contribution in [0.3, 0.4) is 0 Å². The SMILES string of the molecule is CC1C=C(C(=O)O)c2ccc(N3CCC(CC/C(C(=N)c4c(F)cccc4F)=C(/O)C4CC4)CC3)cc2C1. The summed E-state index contributed by atoms with van der Waals surface area (Å²) in [6.45, 7) is 3.75. The number of carboxylic acids is 1. The number of piperidine rings is 1. The van der Waals surface area contributed by atoms with Gasteiger partial charge in [-0.05, 0) is 92.2 Å². The highest BCUT2D eigenvalue weighted by Crippen LogP contribution is 2.39. The van der Waals surface area contributed by atoms with Crippen LogP contribution in [0.2, 0.25) is 0 Å². The van der Waals surface area contributed by atoms with Crippen molar-refractivity contribution in [2.75, 3.05) is 18.0 Å². The number of halogens is 2. The Morgan fingerprint density at radius 1 is 1.05 bits per heavy atom. The molecule has 1 heterocycles. The lowest BCUT2D eigenvalue weighted by molar-refractivity contribution is -0.130. The van der Waals surface area contributed by atoms with Crippen molar-refractivity contribution in [3.8, 4) is 0 Å². The van der Waals surface area contributed by atoms with Crippen LogP contribution in [0, 0.1) is 34.8 Å². The zero-order chi connectivity index (χ0) is 27.0. The first-order chi connectivity index (χ1) is 18.2. The number of nitrogens with one attached hydrogen (secondary N) is 1. The Morgan fingerprint density at radius 3 is 2.37 bits per heavy atom. The van der Waals surface area contributed by atoms with E-state index < -0.39 is 17.6 Å². The molecule has 1 saturated heterocycles. The molecule has 2 aromatic carbocycles. The summed E-state index contributed by atoms with van der Waals surface area (Å²) < 4.78 is 28.8. The minimum Gasteiger partial charge on any atom is -0.512 e. The van der Waals surface area contributed by atoms with E-state index in [9.17, 15) is 23.8 Å². The van der Waals surface area contributed by atoms with E-state index in [-0.39, 0.29) is 28.9 Å². The predicted molar refractivity (Wildman–Crippen MR) is 145 cm³/mol. The molecule has 3 N–H and O–H groups in total. The van der Waals surface area contributed by atoms with Crippen LogP contribution in [0.25, 0.3) is 5.57 Å². The Hall–Kier alpha value is -3.48. The summed E-state index contributed by atoms with van der Waals surface area (Å²) in [5.74, 6) is -1.78. The van der Waals surface area contributed by atoms with E-state index in [1.165, 1.54) is 6.07 Å². The molecule has 0 bridgehead atoms. The smallest absolute Gasteiger partial charge is 0.335 e. The molecular formula is C31H34F2N2O3. The second-order valence-electron chi connectivity index (χ2n) is 11.0. The summed E-state index contributed by atoms with van der Waals surface area (Å²) >= 11 is 0. The van der Waals surface area contributed by atoms with Crippen molar-refractivity contribution >= 4 is 22.9 Å². The van der Waals surface area contributed by atoms with Gasteiger partial charge in [-0.2, -0.15) is 0 Å². The van der Waals surface area contributed by atoms with Crippen LogP contribution in [0.15, 0.2) is 53.8 Å². The topological polar surface area (TPSA) is 84.6 Å². The number of hydrogen-bond acceptors (Lipinski definition) is 4. The standard InChI is InChI=1S/C31H34F2N2O3/c1-18-15-21-17-22(8-10-23(21)25(16-18)31(37)38)35-13-11-19(12-14-35)5-9-24(30(36)20-6-7-20)29(34)28-26(32)3-2-4-27(28)33/h2-4,8,10,16-20,34,36H,5-7,9,11-15H2,1H3,(H,37,38)/b30-24-,34-29?. The Bertz CT molecular complexity index is 1300. The minimum absolute atomic E-state index is 0.00903. The maximum absolute atomic E-state index is 14.4. The monoisotopic (exact) mass is 520 g/mol. The molecule has 0 spiro atoms. The summed E-state index contributed by atoms with van der Waals surface area (Å²) in [5, 5.41) is 28.9. The number of anilines is 1. The first-order valence-corrected chi connectivity index (χ1v) is 13.5. The fraction of sp³-hybridized carbons (Fsp3) is 0.419. The van der Waals surface area contributed by atoms with E-state index in [1.807, 2.05) is 25.1 Å². The van der Waals surface area contributed by atoms with Crippen molar-refractivity contribution in [2.24, 2.45) is 17.8 Å². The number of rotatable bonds is 8. The zero-order valence-electron chi connectivity index (χ0n) is 21.6. The second kappa shape index (κ2) is 10.7. The molecule has 2 aliphatic carbocycles. The normalized spacial score (nSPS) is 20.4. The second-order valence-corrected chi connectivity index (χ2v) is 11.0. The Kier molecular flexibility index (Phi) is 7.37. The van der Waals surface area contributed by atoms with Crippen molar-refractivity contribution < 1.29 is 23.8 Å². The third-order valence-corrected chi connectivity index (χ3v) is 8.17. The number of aliphatic carboxylic acids is 1. The van der Waals surface area contributed by atoms with Gasteiger partial charge in [0.25, 0.3) is 0 Å². The molecule has 2 aromatic rings. The molecule has 200 valence electrons. The van der Waals surface area contributed by atoms with E-state index in [1.54, 1.807) is 0 Å². The van der Waals surface area contributed by atoms with Crippen LogP contribution in [0.4, 0.5) is 14.5 Å². The number of carbonyl (C=O) groups is 1. The summed E-state index contributed by atoms with van der Waals surface area (Å²) in [5.41, 5.74) is 3.10. The predicted octanol–water partition coefficient (Wildman–Crippen LogP) is 6.91. The van der Waals surface area contributed by atoms with Crippen molar-refractivity contribution in [2.45, 2.75) is 51.9 Å². The van der Waals surface area contributed by atoms with E-state index in [0.29, 0.717) is 23.5 Å². The lowest BCUT2D eigenvalue weighted by Gasteiger charge is -2.34. The summed E-state index contributed by atoms with van der Waals surface area (Å²) in [7, 11) is 0. The van der Waals surface area contributed by atoms with Crippen molar-refractivity contribution in [1.29, 1.82) is 5.41 Å². The van der Waals surface area contributed by atoms with Gasteiger partial charge >= 0.3 is 5.97 Å². The molecule has 2 fully saturated rings. The number of nitrogens with zero attached hydrogens (tertiary/aromatic N) is 1. The number of aliphatic hydroxyl groups is 1. The average Bonchev–Trinajstić information content (AvgIpc) is 3.74. The van der Waals surface area contributed by atoms with Gasteiger partial charge < -0.3 is 15.1 Å². The molecular weight excluding hydrogens is 486 g/mol. The Labute approximate surface area is 222 Å².